The zero-order valence-electron chi connectivity index (χ0n) is 8.71. The van der Waals surface area contributed by atoms with Gasteiger partial charge in [0.2, 0.25) is 0 Å². The van der Waals surface area contributed by atoms with E-state index < -0.39 is 4.92 Å². The molecule has 0 saturated heterocycles. The first-order valence-corrected chi connectivity index (χ1v) is 6.24. The molecule has 18 heavy (non-hydrogen) atoms. The first-order valence-electron chi connectivity index (χ1n) is 4.67. The number of nitro groups is 1. The molecule has 92 valence electrons. The minimum atomic E-state index is -0.452. The van der Waals surface area contributed by atoms with Crippen LogP contribution in [0.3, 0.4) is 0 Å². The molecular formula is C10H5Cl2N3O2S. The zero-order valence-corrected chi connectivity index (χ0v) is 11.0. The van der Waals surface area contributed by atoms with Crippen molar-refractivity contribution in [2.24, 2.45) is 0 Å². The summed E-state index contributed by atoms with van der Waals surface area (Å²) in [6.45, 7) is 0. The van der Waals surface area contributed by atoms with Crippen LogP contribution in [0.15, 0.2) is 40.1 Å². The van der Waals surface area contributed by atoms with Crippen molar-refractivity contribution in [1.82, 2.24) is 10.2 Å². The number of hydrogen-bond acceptors (Lipinski definition) is 5. The second-order valence-electron chi connectivity index (χ2n) is 3.18. The molecule has 0 bridgehead atoms. The van der Waals surface area contributed by atoms with E-state index in [4.69, 9.17) is 23.2 Å². The smallest absolute Gasteiger partial charge is 0.258 e. The summed E-state index contributed by atoms with van der Waals surface area (Å²) in [6.07, 6.45) is 0. The molecule has 2 rings (SSSR count). The maximum absolute atomic E-state index is 10.5. The molecule has 0 fully saturated rings. The zero-order chi connectivity index (χ0) is 13.1. The first-order chi connectivity index (χ1) is 8.56. The van der Waals surface area contributed by atoms with Crippen LogP contribution in [0.1, 0.15) is 0 Å². The Morgan fingerprint density at radius 2 is 1.83 bits per heavy atom. The third kappa shape index (κ3) is 3.10. The number of benzene rings is 1. The molecule has 2 aromatic rings. The standard InChI is InChI=1S/C10H5Cl2N3O2S/c11-9-5-8(10(12)14-13-9)18-7-3-1-6(2-4-7)15(16)17/h1-5H. The Bertz CT molecular complexity index is 592. The van der Waals surface area contributed by atoms with Gasteiger partial charge < -0.3 is 0 Å². The van der Waals surface area contributed by atoms with Crippen molar-refractivity contribution in [3.8, 4) is 0 Å². The molecule has 0 amide bonds. The average molecular weight is 302 g/mol. The second-order valence-corrected chi connectivity index (χ2v) is 5.04. The predicted molar refractivity (Wildman–Crippen MR) is 69.3 cm³/mol. The highest BCUT2D eigenvalue weighted by molar-refractivity contribution is 7.99. The molecule has 1 heterocycles. The van der Waals surface area contributed by atoms with Crippen molar-refractivity contribution in [2.45, 2.75) is 9.79 Å². The van der Waals surface area contributed by atoms with Gasteiger partial charge in [-0.3, -0.25) is 10.1 Å². The van der Waals surface area contributed by atoms with E-state index in [0.29, 0.717) is 4.90 Å². The molecule has 5 nitrogen and oxygen atoms in total. The number of hydrogen-bond donors (Lipinski definition) is 0. The van der Waals surface area contributed by atoms with E-state index in [1.807, 2.05) is 0 Å². The van der Waals surface area contributed by atoms with Gasteiger partial charge in [0.25, 0.3) is 5.69 Å². The Hall–Kier alpha value is -1.37. The lowest BCUT2D eigenvalue weighted by atomic mass is 10.3. The molecule has 0 unspecified atom stereocenters. The minimum Gasteiger partial charge on any atom is -0.258 e. The van der Waals surface area contributed by atoms with Gasteiger partial charge in [-0.15, -0.1) is 10.2 Å². The summed E-state index contributed by atoms with van der Waals surface area (Å²) >= 11 is 12.9. The molecule has 0 spiro atoms. The van der Waals surface area contributed by atoms with Gasteiger partial charge in [-0.25, -0.2) is 0 Å². The van der Waals surface area contributed by atoms with E-state index in [1.165, 1.54) is 23.9 Å². The highest BCUT2D eigenvalue weighted by atomic mass is 35.5. The van der Waals surface area contributed by atoms with E-state index in [1.54, 1.807) is 18.2 Å². The van der Waals surface area contributed by atoms with Crippen LogP contribution in [-0.4, -0.2) is 15.1 Å². The average Bonchev–Trinajstić information content (AvgIpc) is 2.34. The highest BCUT2D eigenvalue weighted by Gasteiger charge is 2.08. The SMILES string of the molecule is O=[N+]([O-])c1ccc(Sc2cc(Cl)nnc2Cl)cc1. The lowest BCUT2D eigenvalue weighted by Crippen LogP contribution is -1.88. The van der Waals surface area contributed by atoms with Gasteiger partial charge in [0.05, 0.1) is 9.82 Å². The number of rotatable bonds is 3. The van der Waals surface area contributed by atoms with Gasteiger partial charge in [0, 0.05) is 17.0 Å². The van der Waals surface area contributed by atoms with Crippen molar-refractivity contribution >= 4 is 40.7 Å². The topological polar surface area (TPSA) is 68.9 Å². The largest absolute Gasteiger partial charge is 0.269 e. The van der Waals surface area contributed by atoms with Crippen LogP contribution < -0.4 is 0 Å². The van der Waals surface area contributed by atoms with E-state index in [-0.39, 0.29) is 16.0 Å². The molecule has 0 atom stereocenters. The summed E-state index contributed by atoms with van der Waals surface area (Å²) in [7, 11) is 0. The summed E-state index contributed by atoms with van der Waals surface area (Å²) in [5, 5.41) is 18.3. The second kappa shape index (κ2) is 5.51. The van der Waals surface area contributed by atoms with E-state index in [2.05, 4.69) is 10.2 Å². The number of non-ortho nitro benzene ring substituents is 1. The van der Waals surface area contributed by atoms with Crippen molar-refractivity contribution in [2.75, 3.05) is 0 Å². The first kappa shape index (κ1) is 13.1. The van der Waals surface area contributed by atoms with Crippen LogP contribution in [0.4, 0.5) is 5.69 Å². The molecule has 1 aromatic heterocycles. The fourth-order valence-corrected chi connectivity index (χ4v) is 2.41. The summed E-state index contributed by atoms with van der Waals surface area (Å²) in [5.74, 6) is 0. The van der Waals surface area contributed by atoms with Crippen molar-refractivity contribution in [1.29, 1.82) is 0 Å². The number of nitro benzene ring substituents is 1. The molecule has 0 aliphatic heterocycles. The van der Waals surface area contributed by atoms with Gasteiger partial charge in [0.1, 0.15) is 0 Å². The number of nitrogens with zero attached hydrogens (tertiary/aromatic N) is 3. The maximum atomic E-state index is 10.5. The fraction of sp³-hybridized carbons (Fsp3) is 0. The third-order valence-corrected chi connectivity index (χ3v) is 3.58. The Morgan fingerprint density at radius 3 is 2.44 bits per heavy atom. The van der Waals surface area contributed by atoms with Crippen LogP contribution in [0.5, 0.6) is 0 Å². The monoisotopic (exact) mass is 301 g/mol. The van der Waals surface area contributed by atoms with Crippen LogP contribution in [0, 0.1) is 10.1 Å². The summed E-state index contributed by atoms with van der Waals surface area (Å²) in [4.78, 5) is 11.5. The summed E-state index contributed by atoms with van der Waals surface area (Å²) < 4.78 is 0. The molecule has 8 heteroatoms. The van der Waals surface area contributed by atoms with Gasteiger partial charge in [-0.05, 0) is 18.2 Å². The lowest BCUT2D eigenvalue weighted by molar-refractivity contribution is -0.384. The van der Waals surface area contributed by atoms with Gasteiger partial charge in [-0.1, -0.05) is 35.0 Å². The predicted octanol–water partition coefficient (Wildman–Crippen LogP) is 3.84. The molecular weight excluding hydrogens is 297 g/mol. The molecule has 0 N–H and O–H groups in total. The Kier molecular flexibility index (Phi) is 4.00. The third-order valence-electron chi connectivity index (χ3n) is 1.96. The maximum Gasteiger partial charge on any atom is 0.269 e. The number of halogens is 2. The minimum absolute atomic E-state index is 0.0383. The van der Waals surface area contributed by atoms with E-state index in [9.17, 15) is 10.1 Å². The van der Waals surface area contributed by atoms with E-state index >= 15 is 0 Å². The molecule has 0 saturated carbocycles. The van der Waals surface area contributed by atoms with Crippen LogP contribution in [-0.2, 0) is 0 Å². The van der Waals surface area contributed by atoms with Crippen LogP contribution in [0.25, 0.3) is 0 Å². The lowest BCUT2D eigenvalue weighted by Gasteiger charge is -2.02. The van der Waals surface area contributed by atoms with E-state index in [0.717, 1.165) is 4.90 Å². The van der Waals surface area contributed by atoms with Crippen LogP contribution in [0.2, 0.25) is 10.3 Å². The highest BCUT2D eigenvalue weighted by Crippen LogP contribution is 2.33. The Morgan fingerprint density at radius 1 is 1.17 bits per heavy atom. The summed E-state index contributed by atoms with van der Waals surface area (Å²) in [5.41, 5.74) is 0.0383. The van der Waals surface area contributed by atoms with Crippen molar-refractivity contribution in [3.63, 3.8) is 0 Å². The molecule has 0 radical (unpaired) electrons. The Balaban J connectivity index is 2.23. The van der Waals surface area contributed by atoms with Crippen LogP contribution >= 0.6 is 35.0 Å². The fourth-order valence-electron chi connectivity index (χ4n) is 1.17. The normalized spacial score (nSPS) is 10.3. The van der Waals surface area contributed by atoms with Crippen molar-refractivity contribution < 1.29 is 4.92 Å². The summed E-state index contributed by atoms with van der Waals surface area (Å²) in [6, 6.07) is 7.70. The quantitative estimate of drug-likeness (QED) is 0.636. The molecule has 0 aliphatic carbocycles. The molecule has 1 aromatic carbocycles. The van der Waals surface area contributed by atoms with Gasteiger partial charge >= 0.3 is 0 Å². The molecule has 0 aliphatic rings. The number of aromatic nitrogens is 2. The van der Waals surface area contributed by atoms with Gasteiger partial charge in [-0.2, -0.15) is 0 Å². The van der Waals surface area contributed by atoms with Gasteiger partial charge in [0.15, 0.2) is 10.3 Å². The van der Waals surface area contributed by atoms with Crippen molar-refractivity contribution in [3.05, 3.63) is 50.8 Å². The Labute approximate surface area is 116 Å².